The summed E-state index contributed by atoms with van der Waals surface area (Å²) in [6.07, 6.45) is -1.52. The summed E-state index contributed by atoms with van der Waals surface area (Å²) in [5, 5.41) is 8.89. The van der Waals surface area contributed by atoms with E-state index >= 15 is 0 Å². The van der Waals surface area contributed by atoms with Gasteiger partial charge in [0.25, 0.3) is 0 Å². The fourth-order valence-electron chi connectivity index (χ4n) is 1.19. The molecular formula is C11H12BrFO2. The van der Waals surface area contributed by atoms with Gasteiger partial charge in [0.15, 0.2) is 0 Å². The van der Waals surface area contributed by atoms with Crippen molar-refractivity contribution in [1.82, 2.24) is 0 Å². The Kier molecular flexibility index (Phi) is 3.50. The van der Waals surface area contributed by atoms with Crippen molar-refractivity contribution in [2.45, 2.75) is 20.0 Å². The quantitative estimate of drug-likeness (QED) is 0.915. The zero-order chi connectivity index (χ0) is 11.6. The molecule has 0 fully saturated rings. The zero-order valence-corrected chi connectivity index (χ0v) is 10.1. The molecular weight excluding hydrogens is 263 g/mol. The van der Waals surface area contributed by atoms with Crippen LogP contribution in [0.1, 0.15) is 25.6 Å². The molecule has 0 aliphatic rings. The molecule has 0 aliphatic heterocycles. The first-order valence-corrected chi connectivity index (χ1v) is 5.28. The Morgan fingerprint density at radius 1 is 1.53 bits per heavy atom. The average molecular weight is 275 g/mol. The van der Waals surface area contributed by atoms with Gasteiger partial charge in [-0.25, -0.2) is 4.39 Å². The van der Waals surface area contributed by atoms with Gasteiger partial charge in [0.2, 0.25) is 0 Å². The largest absolute Gasteiger partial charge is 0.481 e. The van der Waals surface area contributed by atoms with Gasteiger partial charge in [-0.05, 0) is 31.5 Å². The van der Waals surface area contributed by atoms with Crippen LogP contribution in [0.5, 0.6) is 0 Å². The normalized spacial score (nSPS) is 13.6. The van der Waals surface area contributed by atoms with Crippen LogP contribution in [0, 0.1) is 5.41 Å². The predicted octanol–water partition coefficient (Wildman–Crippen LogP) is 3.57. The third-order valence-corrected chi connectivity index (χ3v) is 2.82. The van der Waals surface area contributed by atoms with Crippen molar-refractivity contribution < 1.29 is 14.3 Å². The number of carboxylic acid groups (broad SMARTS) is 1. The van der Waals surface area contributed by atoms with E-state index in [9.17, 15) is 9.18 Å². The summed E-state index contributed by atoms with van der Waals surface area (Å²) in [7, 11) is 0. The molecule has 1 atom stereocenters. The third kappa shape index (κ3) is 2.56. The lowest BCUT2D eigenvalue weighted by Gasteiger charge is -2.24. The molecule has 0 aliphatic carbocycles. The maximum Gasteiger partial charge on any atom is 0.312 e. The topological polar surface area (TPSA) is 37.3 Å². The van der Waals surface area contributed by atoms with Gasteiger partial charge in [-0.1, -0.05) is 28.1 Å². The second-order valence-electron chi connectivity index (χ2n) is 3.94. The van der Waals surface area contributed by atoms with Gasteiger partial charge in [0.1, 0.15) is 6.17 Å². The van der Waals surface area contributed by atoms with Crippen molar-refractivity contribution in [2.75, 3.05) is 0 Å². The predicted molar refractivity (Wildman–Crippen MR) is 59.4 cm³/mol. The van der Waals surface area contributed by atoms with Gasteiger partial charge in [0.05, 0.1) is 5.41 Å². The molecule has 2 nitrogen and oxygen atoms in total. The number of alkyl halides is 1. The molecule has 0 bridgehead atoms. The summed E-state index contributed by atoms with van der Waals surface area (Å²) >= 11 is 3.22. The first-order valence-electron chi connectivity index (χ1n) is 4.48. The molecule has 1 aromatic rings. The standard InChI is InChI=1S/C11H12BrFO2/c1-11(2,10(14)15)9(13)7-4-3-5-8(12)6-7/h3-6,9H,1-2H3,(H,14,15). The van der Waals surface area contributed by atoms with Gasteiger partial charge in [0, 0.05) is 4.47 Å². The van der Waals surface area contributed by atoms with Crippen LogP contribution in [0.25, 0.3) is 0 Å². The van der Waals surface area contributed by atoms with Crippen LogP contribution in [-0.2, 0) is 4.79 Å². The second-order valence-corrected chi connectivity index (χ2v) is 4.86. The number of carboxylic acids is 1. The highest BCUT2D eigenvalue weighted by atomic mass is 79.9. The molecule has 0 saturated carbocycles. The minimum atomic E-state index is -1.52. The molecule has 0 spiro atoms. The maximum absolute atomic E-state index is 13.9. The zero-order valence-electron chi connectivity index (χ0n) is 8.50. The van der Waals surface area contributed by atoms with Gasteiger partial charge in [-0.3, -0.25) is 4.79 Å². The highest BCUT2D eigenvalue weighted by molar-refractivity contribution is 9.10. The van der Waals surface area contributed by atoms with Crippen LogP contribution >= 0.6 is 15.9 Å². The van der Waals surface area contributed by atoms with E-state index in [2.05, 4.69) is 15.9 Å². The molecule has 0 aromatic heterocycles. The van der Waals surface area contributed by atoms with Gasteiger partial charge < -0.3 is 5.11 Å². The number of rotatable bonds is 3. The minimum absolute atomic E-state index is 0.372. The summed E-state index contributed by atoms with van der Waals surface area (Å²) in [4.78, 5) is 10.9. The van der Waals surface area contributed by atoms with Crippen molar-refractivity contribution in [1.29, 1.82) is 0 Å². The van der Waals surface area contributed by atoms with Crippen molar-refractivity contribution in [3.05, 3.63) is 34.3 Å². The second kappa shape index (κ2) is 4.31. The first-order chi connectivity index (χ1) is 6.85. The number of benzene rings is 1. The molecule has 15 heavy (non-hydrogen) atoms. The van der Waals surface area contributed by atoms with Gasteiger partial charge >= 0.3 is 5.97 Å². The van der Waals surface area contributed by atoms with Crippen molar-refractivity contribution in [3.8, 4) is 0 Å². The lowest BCUT2D eigenvalue weighted by molar-refractivity contribution is -0.150. The summed E-state index contributed by atoms with van der Waals surface area (Å²) in [6.45, 7) is 2.75. The lowest BCUT2D eigenvalue weighted by Crippen LogP contribution is -2.29. The SMILES string of the molecule is CC(C)(C(=O)O)C(F)c1cccc(Br)c1. The van der Waals surface area contributed by atoms with E-state index in [1.807, 2.05) is 0 Å². The summed E-state index contributed by atoms with van der Waals surface area (Å²) in [6, 6.07) is 6.63. The van der Waals surface area contributed by atoms with Crippen LogP contribution in [0.15, 0.2) is 28.7 Å². The minimum Gasteiger partial charge on any atom is -0.481 e. The van der Waals surface area contributed by atoms with E-state index in [-0.39, 0.29) is 0 Å². The molecule has 4 heteroatoms. The number of halogens is 2. The smallest absolute Gasteiger partial charge is 0.312 e. The first kappa shape index (κ1) is 12.2. The van der Waals surface area contributed by atoms with Crippen molar-refractivity contribution in [2.24, 2.45) is 5.41 Å². The van der Waals surface area contributed by atoms with E-state index in [0.29, 0.717) is 5.56 Å². The molecule has 1 aromatic carbocycles. The van der Waals surface area contributed by atoms with Crippen LogP contribution in [0.4, 0.5) is 4.39 Å². The molecule has 0 saturated heterocycles. The Hall–Kier alpha value is -0.900. The van der Waals surface area contributed by atoms with Crippen molar-refractivity contribution >= 4 is 21.9 Å². The molecule has 1 unspecified atom stereocenters. The molecule has 0 amide bonds. The monoisotopic (exact) mass is 274 g/mol. The highest BCUT2D eigenvalue weighted by Gasteiger charge is 2.38. The highest BCUT2D eigenvalue weighted by Crippen LogP contribution is 2.37. The van der Waals surface area contributed by atoms with E-state index in [4.69, 9.17) is 5.11 Å². The number of aliphatic carboxylic acids is 1. The Morgan fingerprint density at radius 3 is 2.60 bits per heavy atom. The summed E-state index contributed by atoms with van der Waals surface area (Å²) in [5.41, 5.74) is -1.04. The van der Waals surface area contributed by atoms with E-state index in [1.165, 1.54) is 13.8 Å². The average Bonchev–Trinajstić information content (AvgIpc) is 2.16. The van der Waals surface area contributed by atoms with Crippen LogP contribution in [0.2, 0.25) is 0 Å². The van der Waals surface area contributed by atoms with Crippen molar-refractivity contribution in [3.63, 3.8) is 0 Å². The Bertz CT molecular complexity index is 377. The van der Waals surface area contributed by atoms with Crippen LogP contribution in [0.3, 0.4) is 0 Å². The van der Waals surface area contributed by atoms with Crippen LogP contribution in [-0.4, -0.2) is 11.1 Å². The van der Waals surface area contributed by atoms with E-state index < -0.39 is 17.6 Å². The molecule has 0 radical (unpaired) electrons. The Morgan fingerprint density at radius 2 is 2.13 bits per heavy atom. The molecule has 82 valence electrons. The number of carbonyl (C=O) groups is 1. The fourth-order valence-corrected chi connectivity index (χ4v) is 1.61. The summed E-state index contributed by atoms with van der Waals surface area (Å²) < 4.78 is 14.7. The molecule has 0 heterocycles. The fraction of sp³-hybridized carbons (Fsp3) is 0.364. The number of hydrogen-bond donors (Lipinski definition) is 1. The van der Waals surface area contributed by atoms with Crippen LogP contribution < -0.4 is 0 Å². The van der Waals surface area contributed by atoms with Gasteiger partial charge in [-0.2, -0.15) is 0 Å². The summed E-state index contributed by atoms with van der Waals surface area (Å²) in [5.74, 6) is -1.14. The third-order valence-electron chi connectivity index (χ3n) is 2.33. The lowest BCUT2D eigenvalue weighted by atomic mass is 9.84. The Balaban J connectivity index is 3.04. The van der Waals surface area contributed by atoms with Gasteiger partial charge in [-0.15, -0.1) is 0 Å². The Labute approximate surface area is 96.2 Å². The number of hydrogen-bond acceptors (Lipinski definition) is 1. The van der Waals surface area contributed by atoms with E-state index in [0.717, 1.165) is 4.47 Å². The van der Waals surface area contributed by atoms with E-state index in [1.54, 1.807) is 24.3 Å². The molecule has 1 rings (SSSR count). The molecule has 1 N–H and O–H groups in total. The maximum atomic E-state index is 13.9.